The van der Waals surface area contributed by atoms with Gasteiger partial charge in [-0.25, -0.2) is 13.2 Å². The van der Waals surface area contributed by atoms with Crippen molar-refractivity contribution in [2.45, 2.75) is 18.4 Å². The van der Waals surface area contributed by atoms with Gasteiger partial charge in [0.05, 0.1) is 42.7 Å². The molecule has 1 atom stereocenters. The Labute approximate surface area is 245 Å². The Hall–Kier alpha value is -3.61. The van der Waals surface area contributed by atoms with Crippen LogP contribution < -0.4 is 10.2 Å². The second-order valence-corrected chi connectivity index (χ2v) is 11.6. The van der Waals surface area contributed by atoms with E-state index in [1.165, 1.54) is 36.0 Å². The number of nitrogens with one attached hydrogen (secondary N) is 1. The Morgan fingerprint density at radius 1 is 1.14 bits per heavy atom. The van der Waals surface area contributed by atoms with Gasteiger partial charge in [-0.15, -0.1) is 0 Å². The van der Waals surface area contributed by atoms with Gasteiger partial charge < -0.3 is 15.0 Å². The summed E-state index contributed by atoms with van der Waals surface area (Å²) in [5.74, 6) is -3.03. The number of hydrogen-bond donors (Lipinski definition) is 1. The molecule has 2 amide bonds. The van der Waals surface area contributed by atoms with Crippen LogP contribution >= 0.6 is 11.6 Å². The number of likely N-dealkylation sites (tertiary alicyclic amines) is 1. The van der Waals surface area contributed by atoms with Gasteiger partial charge in [-0.1, -0.05) is 23.7 Å². The van der Waals surface area contributed by atoms with Crippen molar-refractivity contribution in [1.29, 1.82) is 0 Å². The Kier molecular flexibility index (Phi) is 7.40. The number of rotatable bonds is 6. The summed E-state index contributed by atoms with van der Waals surface area (Å²) in [7, 11) is 1.52. The van der Waals surface area contributed by atoms with Crippen molar-refractivity contribution in [3.05, 3.63) is 75.7 Å². The average Bonchev–Trinajstić information content (AvgIpc) is 3.29. The fourth-order valence-electron chi connectivity index (χ4n) is 6.08. The van der Waals surface area contributed by atoms with Crippen molar-refractivity contribution >= 4 is 34.9 Å². The van der Waals surface area contributed by atoms with E-state index in [1.807, 2.05) is 4.90 Å². The molecule has 0 bridgehead atoms. The van der Waals surface area contributed by atoms with Gasteiger partial charge >= 0.3 is 0 Å². The summed E-state index contributed by atoms with van der Waals surface area (Å²) >= 11 is 6.12. The predicted molar refractivity (Wildman–Crippen MR) is 150 cm³/mol. The summed E-state index contributed by atoms with van der Waals surface area (Å²) in [5, 5.41) is 7.12. The maximum absolute atomic E-state index is 16.5. The quantitative estimate of drug-likeness (QED) is 0.466. The second-order valence-electron chi connectivity index (χ2n) is 11.2. The average molecular weight is 603 g/mol. The topological polar surface area (TPSA) is 82.9 Å². The molecule has 6 rings (SSSR count). The number of hydrogen-bond acceptors (Lipinski definition) is 6. The first-order chi connectivity index (χ1) is 20.1. The molecule has 0 radical (unpaired) electrons. The normalized spacial score (nSPS) is 21.3. The van der Waals surface area contributed by atoms with E-state index >= 15 is 8.78 Å². The van der Waals surface area contributed by atoms with Gasteiger partial charge in [0, 0.05) is 61.9 Å². The van der Waals surface area contributed by atoms with Gasteiger partial charge in [-0.05, 0) is 25.1 Å². The van der Waals surface area contributed by atoms with E-state index in [0.29, 0.717) is 39.4 Å². The summed E-state index contributed by atoms with van der Waals surface area (Å²) in [6.07, 6.45) is 1.12. The fraction of sp³-hybridized carbons (Fsp3) is 0.414. The van der Waals surface area contributed by atoms with E-state index in [9.17, 15) is 14.0 Å². The Morgan fingerprint density at radius 2 is 1.88 bits per heavy atom. The predicted octanol–water partition coefficient (Wildman–Crippen LogP) is 3.41. The van der Waals surface area contributed by atoms with Crippen LogP contribution in [0.2, 0.25) is 5.02 Å². The Balaban J connectivity index is 1.30. The molecule has 0 spiro atoms. The highest BCUT2D eigenvalue weighted by atomic mass is 35.5. The maximum Gasteiger partial charge on any atom is 0.260 e. The lowest BCUT2D eigenvalue weighted by Gasteiger charge is -2.43. The number of benzene rings is 2. The zero-order valence-corrected chi connectivity index (χ0v) is 23.9. The van der Waals surface area contributed by atoms with Crippen molar-refractivity contribution in [2.75, 3.05) is 62.7 Å². The van der Waals surface area contributed by atoms with E-state index in [4.69, 9.17) is 16.3 Å². The van der Waals surface area contributed by atoms with Crippen LogP contribution in [0.5, 0.6) is 0 Å². The monoisotopic (exact) mass is 602 g/mol. The molecule has 2 saturated heterocycles. The highest BCUT2D eigenvalue weighted by Crippen LogP contribution is 2.45. The van der Waals surface area contributed by atoms with Crippen LogP contribution in [0.3, 0.4) is 0 Å². The number of amides is 2. The first-order valence-electron chi connectivity index (χ1n) is 13.7. The molecule has 0 aliphatic carbocycles. The lowest BCUT2D eigenvalue weighted by Crippen LogP contribution is -2.58. The molecule has 3 aromatic rings. The van der Waals surface area contributed by atoms with Gasteiger partial charge in [0.1, 0.15) is 5.82 Å². The highest BCUT2D eigenvalue weighted by molar-refractivity contribution is 6.30. The van der Waals surface area contributed by atoms with E-state index in [2.05, 4.69) is 10.4 Å². The molecule has 0 unspecified atom stereocenters. The summed E-state index contributed by atoms with van der Waals surface area (Å²) in [4.78, 5) is 31.1. The van der Waals surface area contributed by atoms with Crippen LogP contribution in [-0.4, -0.2) is 89.9 Å². The number of carbonyl (C=O) groups excluding carboxylic acids is 2. The van der Waals surface area contributed by atoms with Crippen molar-refractivity contribution in [2.24, 2.45) is 7.05 Å². The fourth-order valence-corrected chi connectivity index (χ4v) is 6.26. The van der Waals surface area contributed by atoms with Gasteiger partial charge in [0.15, 0.2) is 17.5 Å². The third-order valence-corrected chi connectivity index (χ3v) is 8.54. The number of ether oxygens (including phenoxy) is 1. The molecule has 1 aromatic heterocycles. The lowest BCUT2D eigenvalue weighted by atomic mass is 9.70. The molecule has 0 saturated carbocycles. The molecule has 42 heavy (non-hydrogen) atoms. The van der Waals surface area contributed by atoms with Crippen LogP contribution in [0.25, 0.3) is 0 Å². The molecule has 2 fully saturated rings. The van der Waals surface area contributed by atoms with E-state index in [-0.39, 0.29) is 58.3 Å². The number of nitrogens with zero attached hydrogens (tertiary/aromatic N) is 5. The standard InChI is InChI=1S/C29H30ClF3N6O3/c1-29(19-4-3-5-20(30)25(19)32)16-39(27-21(31)14-36(2)35-27)28(41)18-6-7-22(26(33)24(18)29)34-17-12-37(13-17)15-23(40)38-8-10-42-11-9-38/h3-7,14,17,34H,8-13,15-16H2,1-2H3/t29-/m0/s1. The van der Waals surface area contributed by atoms with Crippen molar-refractivity contribution in [3.8, 4) is 0 Å². The number of anilines is 2. The molecular formula is C29H30ClF3N6O3. The van der Waals surface area contributed by atoms with E-state index < -0.39 is 28.8 Å². The molecule has 4 heterocycles. The number of halogens is 4. The third kappa shape index (κ3) is 4.91. The van der Waals surface area contributed by atoms with Crippen LogP contribution in [-0.2, 0) is 22.0 Å². The smallest absolute Gasteiger partial charge is 0.260 e. The zero-order chi connectivity index (χ0) is 29.8. The van der Waals surface area contributed by atoms with Gasteiger partial charge in [0.25, 0.3) is 5.91 Å². The SMILES string of the molecule is Cn1cc(F)c(N2C[C@@](C)(c3cccc(Cl)c3F)c3c(ccc(NC4CN(CC(=O)N5CCOCC5)C4)c3F)C2=O)n1. The Bertz CT molecular complexity index is 1560. The van der Waals surface area contributed by atoms with Crippen LogP contribution in [0.1, 0.15) is 28.4 Å². The summed E-state index contributed by atoms with van der Waals surface area (Å²) < 4.78 is 53.3. The summed E-state index contributed by atoms with van der Waals surface area (Å²) in [6, 6.07) is 7.21. The number of aromatic nitrogens is 2. The maximum atomic E-state index is 16.5. The first-order valence-corrected chi connectivity index (χ1v) is 14.1. The van der Waals surface area contributed by atoms with Crippen LogP contribution in [0.15, 0.2) is 36.5 Å². The minimum atomic E-state index is -1.44. The Morgan fingerprint density at radius 3 is 2.57 bits per heavy atom. The molecule has 13 heteroatoms. The summed E-state index contributed by atoms with van der Waals surface area (Å²) in [5.41, 5.74) is -1.26. The zero-order valence-electron chi connectivity index (χ0n) is 23.2. The largest absolute Gasteiger partial charge is 0.378 e. The van der Waals surface area contributed by atoms with Gasteiger partial charge in [-0.3, -0.25) is 24.1 Å². The van der Waals surface area contributed by atoms with Crippen LogP contribution in [0.4, 0.5) is 24.7 Å². The first kappa shape index (κ1) is 28.5. The molecular weight excluding hydrogens is 573 g/mol. The second kappa shape index (κ2) is 10.9. The number of morpholine rings is 1. The lowest BCUT2D eigenvalue weighted by molar-refractivity contribution is -0.137. The van der Waals surface area contributed by atoms with Gasteiger partial charge in [0.2, 0.25) is 5.91 Å². The van der Waals surface area contributed by atoms with Crippen molar-refractivity contribution < 1.29 is 27.5 Å². The minimum Gasteiger partial charge on any atom is -0.378 e. The number of aryl methyl sites for hydroxylation is 1. The molecule has 2 aromatic carbocycles. The van der Waals surface area contributed by atoms with E-state index in [1.54, 1.807) is 17.9 Å². The van der Waals surface area contributed by atoms with Crippen molar-refractivity contribution in [3.63, 3.8) is 0 Å². The third-order valence-electron chi connectivity index (χ3n) is 8.25. The number of carbonyl (C=O) groups is 2. The number of fused-ring (bicyclic) bond motifs is 1. The molecule has 1 N–H and O–H groups in total. The van der Waals surface area contributed by atoms with Crippen molar-refractivity contribution in [1.82, 2.24) is 19.6 Å². The molecule has 3 aliphatic rings. The highest BCUT2D eigenvalue weighted by Gasteiger charge is 2.47. The molecule has 9 nitrogen and oxygen atoms in total. The van der Waals surface area contributed by atoms with Gasteiger partial charge in [-0.2, -0.15) is 5.10 Å². The van der Waals surface area contributed by atoms with E-state index in [0.717, 1.165) is 11.1 Å². The molecule has 222 valence electrons. The summed E-state index contributed by atoms with van der Waals surface area (Å²) in [6.45, 7) is 4.86. The van der Waals surface area contributed by atoms with Crippen LogP contribution in [0, 0.1) is 17.5 Å². The minimum absolute atomic E-state index is 0.00932. The molecule has 3 aliphatic heterocycles.